The van der Waals surface area contributed by atoms with Gasteiger partial charge in [-0.1, -0.05) is 0 Å². The van der Waals surface area contributed by atoms with Gasteiger partial charge in [-0.15, -0.1) is 0 Å². The SMILES string of the molecule is Cc1ccc(NC(=O)N[C@@H]2CCN(C)[C@@H](c3nc4ccc(C#N)cc4[nH]3)C2)cn1. The van der Waals surface area contributed by atoms with Crippen LogP contribution < -0.4 is 10.6 Å². The fraction of sp³-hybridized carbons (Fsp3) is 0.333. The molecule has 0 aliphatic carbocycles. The molecule has 3 aromatic rings. The maximum atomic E-state index is 12.4. The van der Waals surface area contributed by atoms with Crippen molar-refractivity contribution in [1.82, 2.24) is 25.2 Å². The molecule has 148 valence electrons. The van der Waals surface area contributed by atoms with Crippen LogP contribution in [0.4, 0.5) is 10.5 Å². The van der Waals surface area contributed by atoms with E-state index in [0.717, 1.165) is 41.9 Å². The van der Waals surface area contributed by atoms with Crippen molar-refractivity contribution in [2.75, 3.05) is 18.9 Å². The number of anilines is 1. The van der Waals surface area contributed by atoms with Crippen LogP contribution in [0.5, 0.6) is 0 Å². The topological polar surface area (TPSA) is 110 Å². The highest BCUT2D eigenvalue weighted by atomic mass is 16.2. The van der Waals surface area contributed by atoms with E-state index in [2.05, 4.69) is 38.6 Å². The number of nitriles is 1. The molecule has 8 nitrogen and oxygen atoms in total. The molecule has 0 unspecified atom stereocenters. The van der Waals surface area contributed by atoms with Crippen LogP contribution in [0.25, 0.3) is 11.0 Å². The first kappa shape index (κ1) is 18.9. The van der Waals surface area contributed by atoms with Gasteiger partial charge in [0.2, 0.25) is 0 Å². The Bertz CT molecular complexity index is 1070. The molecule has 1 aromatic carbocycles. The van der Waals surface area contributed by atoms with E-state index in [1.165, 1.54) is 0 Å². The van der Waals surface area contributed by atoms with E-state index >= 15 is 0 Å². The number of rotatable bonds is 3. The molecule has 2 amide bonds. The van der Waals surface area contributed by atoms with Crippen LogP contribution in [0.2, 0.25) is 0 Å². The van der Waals surface area contributed by atoms with Gasteiger partial charge in [0.05, 0.1) is 40.6 Å². The first-order chi connectivity index (χ1) is 14.0. The zero-order chi connectivity index (χ0) is 20.4. The summed E-state index contributed by atoms with van der Waals surface area (Å²) >= 11 is 0. The molecule has 1 aliphatic rings. The van der Waals surface area contributed by atoms with Gasteiger partial charge in [0.1, 0.15) is 5.82 Å². The van der Waals surface area contributed by atoms with Gasteiger partial charge in [-0.2, -0.15) is 5.26 Å². The number of aryl methyl sites for hydroxylation is 1. The standard InChI is InChI=1S/C21H23N7O/c1-13-3-5-16(12-23-13)25-21(29)24-15-7-8-28(2)19(10-15)20-26-17-6-4-14(11-22)9-18(17)27-20/h3-6,9,12,15,19H,7-8,10H2,1-2H3,(H,26,27)(H2,24,25,29)/t15-,19-/m1/s1. The number of H-pyrrole nitrogens is 1. The highest BCUT2D eigenvalue weighted by molar-refractivity contribution is 5.89. The molecule has 0 saturated carbocycles. The van der Waals surface area contributed by atoms with Gasteiger partial charge in [0.15, 0.2) is 0 Å². The molecule has 1 aliphatic heterocycles. The molecule has 0 radical (unpaired) electrons. The number of aromatic nitrogens is 3. The summed E-state index contributed by atoms with van der Waals surface area (Å²) in [7, 11) is 2.06. The Hall–Kier alpha value is -3.44. The summed E-state index contributed by atoms with van der Waals surface area (Å²) in [6.45, 7) is 2.75. The minimum Gasteiger partial charge on any atom is -0.341 e. The summed E-state index contributed by atoms with van der Waals surface area (Å²) in [6.07, 6.45) is 3.27. The fourth-order valence-corrected chi connectivity index (χ4v) is 3.69. The van der Waals surface area contributed by atoms with E-state index in [1.807, 2.05) is 31.2 Å². The second-order valence-electron chi connectivity index (χ2n) is 7.47. The van der Waals surface area contributed by atoms with Crippen molar-refractivity contribution in [2.45, 2.75) is 31.8 Å². The van der Waals surface area contributed by atoms with Gasteiger partial charge >= 0.3 is 6.03 Å². The molecule has 3 N–H and O–H groups in total. The predicted octanol–water partition coefficient (Wildman–Crippen LogP) is 3.10. The Morgan fingerprint density at radius 1 is 1.34 bits per heavy atom. The van der Waals surface area contributed by atoms with Crippen molar-refractivity contribution in [3.63, 3.8) is 0 Å². The first-order valence-corrected chi connectivity index (χ1v) is 9.62. The lowest BCUT2D eigenvalue weighted by molar-refractivity contribution is 0.153. The third-order valence-electron chi connectivity index (χ3n) is 5.32. The van der Waals surface area contributed by atoms with Crippen LogP contribution in [-0.2, 0) is 0 Å². The third kappa shape index (κ3) is 4.20. The average molecular weight is 389 g/mol. The number of likely N-dealkylation sites (tertiary alicyclic amines) is 1. The van der Waals surface area contributed by atoms with E-state index in [-0.39, 0.29) is 18.1 Å². The number of piperidine rings is 1. The molecule has 2 atom stereocenters. The molecular formula is C21H23N7O. The zero-order valence-corrected chi connectivity index (χ0v) is 16.4. The normalized spacial score (nSPS) is 19.6. The number of nitrogens with zero attached hydrogens (tertiary/aromatic N) is 4. The van der Waals surface area contributed by atoms with E-state index in [1.54, 1.807) is 12.3 Å². The monoisotopic (exact) mass is 389 g/mol. The molecule has 8 heteroatoms. The number of fused-ring (bicyclic) bond motifs is 1. The van der Waals surface area contributed by atoms with Crippen LogP contribution in [-0.4, -0.2) is 45.5 Å². The lowest BCUT2D eigenvalue weighted by atomic mass is 9.97. The fourth-order valence-electron chi connectivity index (χ4n) is 3.69. The Labute approximate surface area is 169 Å². The number of hydrogen-bond donors (Lipinski definition) is 3. The Morgan fingerprint density at radius 2 is 2.21 bits per heavy atom. The van der Waals surface area contributed by atoms with Gasteiger partial charge < -0.3 is 15.6 Å². The Morgan fingerprint density at radius 3 is 2.97 bits per heavy atom. The van der Waals surface area contributed by atoms with Crippen molar-refractivity contribution < 1.29 is 4.79 Å². The van der Waals surface area contributed by atoms with Gasteiger partial charge in [0, 0.05) is 18.3 Å². The first-order valence-electron chi connectivity index (χ1n) is 9.62. The Balaban J connectivity index is 1.44. The summed E-state index contributed by atoms with van der Waals surface area (Å²) in [5.41, 5.74) is 3.87. The minimum absolute atomic E-state index is 0.0393. The van der Waals surface area contributed by atoms with Crippen molar-refractivity contribution in [3.8, 4) is 6.07 Å². The van der Waals surface area contributed by atoms with Crippen LogP contribution >= 0.6 is 0 Å². The summed E-state index contributed by atoms with van der Waals surface area (Å²) in [5.74, 6) is 0.854. The smallest absolute Gasteiger partial charge is 0.319 e. The number of benzene rings is 1. The summed E-state index contributed by atoms with van der Waals surface area (Å²) in [6, 6.07) is 11.2. The van der Waals surface area contributed by atoms with Crippen LogP contribution in [0.1, 0.15) is 36.0 Å². The molecule has 29 heavy (non-hydrogen) atoms. The number of carbonyl (C=O) groups is 1. The molecular weight excluding hydrogens is 366 g/mol. The van der Waals surface area contributed by atoms with Crippen LogP contribution in [0.15, 0.2) is 36.5 Å². The van der Waals surface area contributed by atoms with E-state index in [9.17, 15) is 4.79 Å². The number of urea groups is 1. The lowest BCUT2D eigenvalue weighted by Crippen LogP contribution is -2.46. The maximum absolute atomic E-state index is 12.4. The van der Waals surface area contributed by atoms with Crippen molar-refractivity contribution in [3.05, 3.63) is 53.6 Å². The molecule has 2 aromatic heterocycles. The Kier molecular flexibility index (Phi) is 5.14. The van der Waals surface area contributed by atoms with Crippen LogP contribution in [0.3, 0.4) is 0 Å². The molecule has 1 fully saturated rings. The highest BCUT2D eigenvalue weighted by Gasteiger charge is 2.30. The number of nitrogens with one attached hydrogen (secondary N) is 3. The lowest BCUT2D eigenvalue weighted by Gasteiger charge is -2.36. The van der Waals surface area contributed by atoms with Gasteiger partial charge in [-0.05, 0) is 57.1 Å². The number of hydrogen-bond acceptors (Lipinski definition) is 5. The largest absolute Gasteiger partial charge is 0.341 e. The molecule has 0 spiro atoms. The number of carbonyl (C=O) groups excluding carboxylic acids is 1. The van der Waals surface area contributed by atoms with Crippen LogP contribution in [0, 0.1) is 18.3 Å². The molecule has 0 bridgehead atoms. The summed E-state index contributed by atoms with van der Waals surface area (Å²) < 4.78 is 0. The predicted molar refractivity (Wildman–Crippen MR) is 110 cm³/mol. The maximum Gasteiger partial charge on any atom is 0.319 e. The number of imidazole rings is 1. The number of aromatic amines is 1. The van der Waals surface area contributed by atoms with Gasteiger partial charge in [-0.25, -0.2) is 9.78 Å². The van der Waals surface area contributed by atoms with E-state index in [4.69, 9.17) is 10.2 Å². The van der Waals surface area contributed by atoms with Crippen molar-refractivity contribution in [2.24, 2.45) is 0 Å². The minimum atomic E-state index is -0.229. The van der Waals surface area contributed by atoms with E-state index < -0.39 is 0 Å². The van der Waals surface area contributed by atoms with Gasteiger partial charge in [0.25, 0.3) is 0 Å². The zero-order valence-electron chi connectivity index (χ0n) is 16.4. The summed E-state index contributed by atoms with van der Waals surface area (Å²) in [4.78, 5) is 26.9. The average Bonchev–Trinajstić information content (AvgIpc) is 3.14. The van der Waals surface area contributed by atoms with Crippen molar-refractivity contribution in [1.29, 1.82) is 5.26 Å². The number of amides is 2. The second kappa shape index (κ2) is 7.89. The molecule has 4 rings (SSSR count). The van der Waals surface area contributed by atoms with Crippen molar-refractivity contribution >= 4 is 22.8 Å². The molecule has 1 saturated heterocycles. The third-order valence-corrected chi connectivity index (χ3v) is 5.32. The molecule has 3 heterocycles. The second-order valence-corrected chi connectivity index (χ2v) is 7.47. The number of pyridine rings is 1. The highest BCUT2D eigenvalue weighted by Crippen LogP contribution is 2.29. The summed E-state index contributed by atoms with van der Waals surface area (Å²) in [5, 5.41) is 15.0. The van der Waals surface area contributed by atoms with Gasteiger partial charge in [-0.3, -0.25) is 9.88 Å². The quantitative estimate of drug-likeness (QED) is 0.638. The van der Waals surface area contributed by atoms with E-state index in [0.29, 0.717) is 11.3 Å².